The summed E-state index contributed by atoms with van der Waals surface area (Å²) in [5.41, 5.74) is 1.34. The molecule has 0 aromatic carbocycles. The summed E-state index contributed by atoms with van der Waals surface area (Å²) < 4.78 is 12.7. The van der Waals surface area contributed by atoms with Gasteiger partial charge in [-0.05, 0) is 43.7 Å². The lowest BCUT2D eigenvalue weighted by Gasteiger charge is -2.39. The third-order valence-corrected chi connectivity index (χ3v) is 4.64. The highest BCUT2D eigenvalue weighted by molar-refractivity contribution is 5.20. The summed E-state index contributed by atoms with van der Waals surface area (Å²) in [5.74, 6) is 0.762. The van der Waals surface area contributed by atoms with Crippen molar-refractivity contribution in [2.75, 3.05) is 13.1 Å². The minimum atomic E-state index is 0.322. The first-order valence-corrected chi connectivity index (χ1v) is 6.80. The first kappa shape index (κ1) is 12.1. The molecule has 16 heavy (non-hydrogen) atoms. The van der Waals surface area contributed by atoms with Crippen molar-refractivity contribution < 1.29 is 4.39 Å². The van der Waals surface area contributed by atoms with Gasteiger partial charge < -0.3 is 0 Å². The molecule has 2 heteroatoms. The fraction of sp³-hybridized carbons (Fsp3) is 0.857. The zero-order valence-electron chi connectivity index (χ0n) is 10.6. The number of rotatable bonds is 4. The van der Waals surface area contributed by atoms with Gasteiger partial charge in [-0.2, -0.15) is 0 Å². The second-order valence-corrected chi connectivity index (χ2v) is 5.47. The molecule has 0 aromatic rings. The molecular weight excluding hydrogens is 201 g/mol. The molecule has 0 saturated carbocycles. The number of nitrogens with zero attached hydrogens (tertiary/aromatic N) is 1. The lowest BCUT2D eigenvalue weighted by molar-refractivity contribution is 0.105. The molecule has 2 aliphatic heterocycles. The Morgan fingerprint density at radius 2 is 2.31 bits per heavy atom. The Hall–Kier alpha value is -0.370. The highest BCUT2D eigenvalue weighted by Crippen LogP contribution is 2.48. The Kier molecular flexibility index (Phi) is 3.68. The topological polar surface area (TPSA) is 3.24 Å². The second-order valence-electron chi connectivity index (χ2n) is 5.47. The van der Waals surface area contributed by atoms with Gasteiger partial charge in [0.15, 0.2) is 0 Å². The molecule has 0 radical (unpaired) electrons. The van der Waals surface area contributed by atoms with Crippen LogP contribution in [0.2, 0.25) is 0 Å². The van der Waals surface area contributed by atoms with E-state index in [9.17, 15) is 4.39 Å². The fourth-order valence-electron chi connectivity index (χ4n) is 3.97. The van der Waals surface area contributed by atoms with Crippen LogP contribution < -0.4 is 0 Å². The highest BCUT2D eigenvalue weighted by Gasteiger charge is 2.50. The van der Waals surface area contributed by atoms with E-state index in [1.165, 1.54) is 38.6 Å². The summed E-state index contributed by atoms with van der Waals surface area (Å²) in [6, 6.07) is 0. The van der Waals surface area contributed by atoms with Gasteiger partial charge in [-0.1, -0.05) is 26.7 Å². The zero-order valence-corrected chi connectivity index (χ0v) is 10.6. The predicted octanol–water partition coefficient (Wildman–Crippen LogP) is 3.90. The molecule has 0 amide bonds. The normalized spacial score (nSPS) is 34.6. The molecule has 0 spiro atoms. The van der Waals surface area contributed by atoms with E-state index in [4.69, 9.17) is 0 Å². The number of halogens is 1. The quantitative estimate of drug-likeness (QED) is 0.701. The summed E-state index contributed by atoms with van der Waals surface area (Å²) in [4.78, 5) is 2.56. The van der Waals surface area contributed by atoms with Crippen molar-refractivity contribution >= 4 is 0 Å². The van der Waals surface area contributed by atoms with Gasteiger partial charge in [0.1, 0.15) is 0 Å². The van der Waals surface area contributed by atoms with Crippen LogP contribution in [0.1, 0.15) is 52.4 Å². The molecule has 2 heterocycles. The number of hydrogen-bond donors (Lipinski definition) is 0. The van der Waals surface area contributed by atoms with Crippen molar-refractivity contribution in [1.29, 1.82) is 0 Å². The first-order chi connectivity index (χ1) is 7.76. The average molecular weight is 225 g/mol. The molecule has 0 N–H and O–H groups in total. The Morgan fingerprint density at radius 3 is 2.94 bits per heavy atom. The molecule has 2 unspecified atom stereocenters. The van der Waals surface area contributed by atoms with Crippen LogP contribution in [0, 0.1) is 5.92 Å². The summed E-state index contributed by atoms with van der Waals surface area (Å²) in [5, 5.41) is 0. The van der Waals surface area contributed by atoms with E-state index in [0.29, 0.717) is 5.54 Å². The smallest absolute Gasteiger partial charge is 0.0872 e. The summed E-state index contributed by atoms with van der Waals surface area (Å²) in [7, 11) is 0. The molecule has 1 nitrogen and oxygen atoms in total. The fourth-order valence-corrected chi connectivity index (χ4v) is 3.97. The van der Waals surface area contributed by atoms with Crippen LogP contribution in [-0.4, -0.2) is 23.5 Å². The number of hydrogen-bond acceptors (Lipinski definition) is 1. The monoisotopic (exact) mass is 225 g/mol. The first-order valence-electron chi connectivity index (χ1n) is 6.80. The van der Waals surface area contributed by atoms with Crippen molar-refractivity contribution in [2.45, 2.75) is 57.9 Å². The van der Waals surface area contributed by atoms with Crippen molar-refractivity contribution in [1.82, 2.24) is 4.90 Å². The maximum absolute atomic E-state index is 12.7. The highest BCUT2D eigenvalue weighted by atomic mass is 19.1. The largest absolute Gasteiger partial charge is 0.293 e. The van der Waals surface area contributed by atoms with Crippen LogP contribution in [0.4, 0.5) is 4.39 Å². The van der Waals surface area contributed by atoms with E-state index >= 15 is 0 Å². The lowest BCUT2D eigenvalue weighted by Crippen LogP contribution is -2.44. The van der Waals surface area contributed by atoms with Crippen LogP contribution in [0.3, 0.4) is 0 Å². The van der Waals surface area contributed by atoms with E-state index in [0.717, 1.165) is 30.8 Å². The molecule has 2 fully saturated rings. The van der Waals surface area contributed by atoms with Crippen LogP contribution in [0.25, 0.3) is 0 Å². The second kappa shape index (κ2) is 4.87. The maximum atomic E-state index is 12.7. The Labute approximate surface area is 98.7 Å². The Bertz CT molecular complexity index is 274. The molecule has 92 valence electrons. The van der Waals surface area contributed by atoms with E-state index in [1.54, 1.807) is 0 Å². The summed E-state index contributed by atoms with van der Waals surface area (Å²) in [6.45, 7) is 6.62. The SMILES string of the molecule is CCCC(CC)C12CCCN1C/C(=C\F)C2. The van der Waals surface area contributed by atoms with Gasteiger partial charge in [-0.25, -0.2) is 4.39 Å². The van der Waals surface area contributed by atoms with Crippen molar-refractivity contribution in [3.8, 4) is 0 Å². The van der Waals surface area contributed by atoms with Gasteiger partial charge in [0.25, 0.3) is 0 Å². The minimum absolute atomic E-state index is 0.322. The summed E-state index contributed by atoms with van der Waals surface area (Å²) >= 11 is 0. The number of fused-ring (bicyclic) bond motifs is 1. The Balaban J connectivity index is 2.20. The predicted molar refractivity (Wildman–Crippen MR) is 66.0 cm³/mol. The van der Waals surface area contributed by atoms with Crippen LogP contribution >= 0.6 is 0 Å². The van der Waals surface area contributed by atoms with Crippen LogP contribution in [0.5, 0.6) is 0 Å². The molecule has 2 atom stereocenters. The van der Waals surface area contributed by atoms with Crippen LogP contribution in [-0.2, 0) is 0 Å². The molecule has 2 aliphatic rings. The van der Waals surface area contributed by atoms with Crippen LogP contribution in [0.15, 0.2) is 11.9 Å². The zero-order chi connectivity index (χ0) is 11.6. The van der Waals surface area contributed by atoms with E-state index in [1.807, 2.05) is 0 Å². The van der Waals surface area contributed by atoms with E-state index < -0.39 is 0 Å². The average Bonchev–Trinajstić information content (AvgIpc) is 2.82. The summed E-state index contributed by atoms with van der Waals surface area (Å²) in [6.07, 6.45) is 8.22. The van der Waals surface area contributed by atoms with Gasteiger partial charge in [0.05, 0.1) is 6.33 Å². The molecule has 0 bridgehead atoms. The molecule has 2 saturated heterocycles. The lowest BCUT2D eigenvalue weighted by atomic mass is 9.76. The van der Waals surface area contributed by atoms with E-state index in [-0.39, 0.29) is 0 Å². The van der Waals surface area contributed by atoms with Gasteiger partial charge in [0, 0.05) is 12.1 Å². The third kappa shape index (κ3) is 1.81. The molecule has 2 rings (SSSR count). The van der Waals surface area contributed by atoms with Crippen molar-refractivity contribution in [2.24, 2.45) is 5.92 Å². The molecular formula is C14H24FN. The van der Waals surface area contributed by atoms with Crippen molar-refractivity contribution in [3.63, 3.8) is 0 Å². The van der Waals surface area contributed by atoms with E-state index in [2.05, 4.69) is 18.7 Å². The maximum Gasteiger partial charge on any atom is 0.0872 e. The van der Waals surface area contributed by atoms with Gasteiger partial charge in [-0.3, -0.25) is 4.90 Å². The standard InChI is InChI=1S/C14H24FN/c1-3-6-13(4-2)14-7-5-8-16(14)11-12(9-14)10-15/h10,13H,3-9,11H2,1-2H3/b12-10-. The van der Waals surface area contributed by atoms with Gasteiger partial charge in [0.2, 0.25) is 0 Å². The van der Waals surface area contributed by atoms with Gasteiger partial charge >= 0.3 is 0 Å². The van der Waals surface area contributed by atoms with Gasteiger partial charge in [-0.15, -0.1) is 0 Å². The molecule has 0 aliphatic carbocycles. The molecule has 0 aromatic heterocycles. The minimum Gasteiger partial charge on any atom is -0.293 e. The van der Waals surface area contributed by atoms with Crippen molar-refractivity contribution in [3.05, 3.63) is 11.9 Å². The Morgan fingerprint density at radius 1 is 1.50 bits per heavy atom. The third-order valence-electron chi connectivity index (χ3n) is 4.64.